The third kappa shape index (κ3) is 7.97. The number of para-hydroxylation sites is 1. The molecule has 0 aliphatic heterocycles. The molecule has 0 bridgehead atoms. The topological polar surface area (TPSA) is 108 Å². The highest BCUT2D eigenvalue weighted by Crippen LogP contribution is 2.30. The van der Waals surface area contributed by atoms with Crippen molar-refractivity contribution in [2.75, 3.05) is 11.9 Å². The van der Waals surface area contributed by atoms with Gasteiger partial charge in [0.05, 0.1) is 0 Å². The number of nitrogens with one attached hydrogen (secondary N) is 2. The number of aryl methyl sites for hydroxylation is 3. The summed E-state index contributed by atoms with van der Waals surface area (Å²) in [5.74, 6) is -0.935. The maximum absolute atomic E-state index is 14.1. The fourth-order valence-electron chi connectivity index (χ4n) is 4.26. The fourth-order valence-corrected chi connectivity index (χ4v) is 4.26. The van der Waals surface area contributed by atoms with Crippen LogP contribution in [0.25, 0.3) is 0 Å². The van der Waals surface area contributed by atoms with Crippen molar-refractivity contribution in [1.29, 1.82) is 0 Å². The number of hydrogen-bond donors (Lipinski definition) is 3. The molecule has 0 heterocycles. The Balaban J connectivity index is 2.57. The van der Waals surface area contributed by atoms with Crippen LogP contribution in [-0.2, 0) is 14.3 Å². The molecule has 0 aliphatic rings. The van der Waals surface area contributed by atoms with E-state index in [9.17, 15) is 19.5 Å². The van der Waals surface area contributed by atoms with Crippen molar-refractivity contribution < 1.29 is 24.2 Å². The van der Waals surface area contributed by atoms with Crippen molar-refractivity contribution in [3.05, 3.63) is 58.7 Å². The molecule has 0 aliphatic carbocycles. The summed E-state index contributed by atoms with van der Waals surface area (Å²) in [6, 6.07) is 8.73. The SMILES string of the molecule is CCCN(C(=O)C(NC(=O)OC(C)(C)C)C(C)C)C(C(=O)Nc1c(C)cccc1C)c1ccc(O)c(C)c1. The van der Waals surface area contributed by atoms with E-state index in [4.69, 9.17) is 4.74 Å². The van der Waals surface area contributed by atoms with Gasteiger partial charge in [-0.1, -0.05) is 45.0 Å². The van der Waals surface area contributed by atoms with Crippen LogP contribution in [0.3, 0.4) is 0 Å². The molecule has 3 N–H and O–H groups in total. The number of phenols is 1. The first-order chi connectivity index (χ1) is 17.7. The zero-order chi connectivity index (χ0) is 28.8. The number of anilines is 1. The predicted octanol–water partition coefficient (Wildman–Crippen LogP) is 5.79. The van der Waals surface area contributed by atoms with Crippen LogP contribution < -0.4 is 10.6 Å². The Kier molecular flexibility index (Phi) is 10.3. The summed E-state index contributed by atoms with van der Waals surface area (Å²) < 4.78 is 5.41. The van der Waals surface area contributed by atoms with Gasteiger partial charge in [0, 0.05) is 12.2 Å². The summed E-state index contributed by atoms with van der Waals surface area (Å²) in [5.41, 5.74) is 2.91. The molecule has 8 heteroatoms. The van der Waals surface area contributed by atoms with Crippen LogP contribution in [0, 0.1) is 26.7 Å². The molecule has 0 aromatic heterocycles. The first-order valence-electron chi connectivity index (χ1n) is 13.1. The Morgan fingerprint density at radius 3 is 2.11 bits per heavy atom. The lowest BCUT2D eigenvalue weighted by atomic mass is 9.97. The van der Waals surface area contributed by atoms with E-state index >= 15 is 0 Å². The summed E-state index contributed by atoms with van der Waals surface area (Å²) in [5, 5.41) is 15.9. The highest BCUT2D eigenvalue weighted by molar-refractivity contribution is 6.00. The normalized spacial score (nSPS) is 13.0. The minimum absolute atomic E-state index is 0.0997. The minimum atomic E-state index is -0.998. The number of alkyl carbamates (subject to hydrolysis) is 1. The minimum Gasteiger partial charge on any atom is -0.508 e. The van der Waals surface area contributed by atoms with Crippen molar-refractivity contribution in [2.24, 2.45) is 5.92 Å². The molecule has 0 radical (unpaired) electrons. The van der Waals surface area contributed by atoms with Crippen LogP contribution in [0.2, 0.25) is 0 Å². The molecule has 208 valence electrons. The quantitative estimate of drug-likeness (QED) is 0.384. The molecule has 0 fully saturated rings. The molecule has 2 unspecified atom stereocenters. The second kappa shape index (κ2) is 12.8. The Morgan fingerprint density at radius 2 is 1.61 bits per heavy atom. The van der Waals surface area contributed by atoms with Gasteiger partial charge in [0.1, 0.15) is 23.4 Å². The molecule has 2 atom stereocenters. The molecule has 2 rings (SSSR count). The fraction of sp³-hybridized carbons (Fsp3) is 0.500. The van der Waals surface area contributed by atoms with Gasteiger partial charge < -0.3 is 25.4 Å². The average Bonchev–Trinajstić information content (AvgIpc) is 2.80. The molecule has 0 spiro atoms. The molecular weight excluding hydrogens is 482 g/mol. The van der Waals surface area contributed by atoms with E-state index in [0.29, 0.717) is 23.2 Å². The lowest BCUT2D eigenvalue weighted by molar-refractivity contribution is -0.141. The van der Waals surface area contributed by atoms with Gasteiger partial charge in [-0.05, 0) is 88.3 Å². The molecule has 0 saturated carbocycles. The second-order valence-electron chi connectivity index (χ2n) is 11.1. The molecule has 8 nitrogen and oxygen atoms in total. The number of ether oxygens (including phenoxy) is 1. The van der Waals surface area contributed by atoms with E-state index in [2.05, 4.69) is 10.6 Å². The standard InChI is InChI=1S/C30H43N3O5/c1-10-16-33(28(36)24(18(2)3)32-29(37)38-30(7,8)9)26(22-14-15-23(34)21(6)17-22)27(35)31-25-19(4)12-11-13-20(25)5/h11-15,17-18,24,26,34H,10,16H2,1-9H3,(H,31,35)(H,32,37). The van der Waals surface area contributed by atoms with Gasteiger partial charge in [-0.3, -0.25) is 9.59 Å². The molecule has 3 amide bonds. The van der Waals surface area contributed by atoms with E-state index in [0.717, 1.165) is 11.1 Å². The zero-order valence-electron chi connectivity index (χ0n) is 24.1. The number of carbonyl (C=O) groups excluding carboxylic acids is 3. The van der Waals surface area contributed by atoms with Crippen molar-refractivity contribution in [2.45, 2.75) is 86.4 Å². The number of phenolic OH excluding ortho intramolecular Hbond substituents is 1. The number of nitrogens with zero attached hydrogens (tertiary/aromatic N) is 1. The van der Waals surface area contributed by atoms with Gasteiger partial charge in [0.25, 0.3) is 5.91 Å². The maximum atomic E-state index is 14.1. The smallest absolute Gasteiger partial charge is 0.408 e. The number of carbonyl (C=O) groups is 3. The summed E-state index contributed by atoms with van der Waals surface area (Å²) in [7, 11) is 0. The third-order valence-electron chi connectivity index (χ3n) is 6.18. The van der Waals surface area contributed by atoms with Gasteiger partial charge in [-0.2, -0.15) is 0 Å². The largest absolute Gasteiger partial charge is 0.508 e. The van der Waals surface area contributed by atoms with Crippen LogP contribution in [0.4, 0.5) is 10.5 Å². The lowest BCUT2D eigenvalue weighted by Gasteiger charge is -2.35. The first-order valence-corrected chi connectivity index (χ1v) is 13.1. The second-order valence-corrected chi connectivity index (χ2v) is 11.1. The predicted molar refractivity (Wildman–Crippen MR) is 150 cm³/mol. The summed E-state index contributed by atoms with van der Waals surface area (Å²) >= 11 is 0. The highest BCUT2D eigenvalue weighted by atomic mass is 16.6. The molecular formula is C30H43N3O5. The van der Waals surface area contributed by atoms with E-state index in [-0.39, 0.29) is 30.0 Å². The number of rotatable bonds is 9. The maximum Gasteiger partial charge on any atom is 0.408 e. The average molecular weight is 526 g/mol. The summed E-state index contributed by atoms with van der Waals surface area (Å²) in [6.07, 6.45) is -0.106. The number of hydrogen-bond acceptors (Lipinski definition) is 5. The Labute approximate surface area is 226 Å². The van der Waals surface area contributed by atoms with Gasteiger partial charge in [0.2, 0.25) is 5.91 Å². The van der Waals surface area contributed by atoms with E-state index in [1.807, 2.05) is 52.8 Å². The number of aromatic hydroxyl groups is 1. The monoisotopic (exact) mass is 525 g/mol. The first kappa shape index (κ1) is 30.7. The van der Waals surface area contributed by atoms with Crippen molar-refractivity contribution in [3.63, 3.8) is 0 Å². The molecule has 2 aromatic rings. The zero-order valence-corrected chi connectivity index (χ0v) is 24.1. The summed E-state index contributed by atoms with van der Waals surface area (Å²) in [6.45, 7) is 16.7. The number of benzene rings is 2. The van der Waals surface area contributed by atoms with Gasteiger partial charge in [0.15, 0.2) is 0 Å². The summed E-state index contributed by atoms with van der Waals surface area (Å²) in [4.78, 5) is 42.1. The lowest BCUT2D eigenvalue weighted by Crippen LogP contribution is -2.54. The molecule has 0 saturated heterocycles. The third-order valence-corrected chi connectivity index (χ3v) is 6.18. The van der Waals surface area contributed by atoms with Crippen molar-refractivity contribution in [3.8, 4) is 5.75 Å². The number of amides is 3. The molecule has 2 aromatic carbocycles. The van der Waals surface area contributed by atoms with Crippen LogP contribution in [-0.4, -0.2) is 46.1 Å². The van der Waals surface area contributed by atoms with Crippen LogP contribution in [0.15, 0.2) is 36.4 Å². The van der Waals surface area contributed by atoms with Crippen molar-refractivity contribution >= 4 is 23.6 Å². The van der Waals surface area contributed by atoms with Crippen LogP contribution in [0.1, 0.15) is 76.3 Å². The molecule has 38 heavy (non-hydrogen) atoms. The Morgan fingerprint density at radius 1 is 1.00 bits per heavy atom. The Hall–Kier alpha value is -3.55. The van der Waals surface area contributed by atoms with Crippen molar-refractivity contribution in [1.82, 2.24) is 10.2 Å². The van der Waals surface area contributed by atoms with Crippen LogP contribution >= 0.6 is 0 Å². The van der Waals surface area contributed by atoms with E-state index < -0.39 is 23.8 Å². The van der Waals surface area contributed by atoms with Gasteiger partial charge in [-0.25, -0.2) is 4.79 Å². The van der Waals surface area contributed by atoms with Crippen LogP contribution in [0.5, 0.6) is 5.75 Å². The van der Waals surface area contributed by atoms with E-state index in [1.54, 1.807) is 39.8 Å². The highest BCUT2D eigenvalue weighted by Gasteiger charge is 2.37. The Bertz CT molecular complexity index is 1130. The van der Waals surface area contributed by atoms with Gasteiger partial charge in [-0.15, -0.1) is 0 Å². The van der Waals surface area contributed by atoms with E-state index in [1.165, 1.54) is 11.0 Å². The van der Waals surface area contributed by atoms with Gasteiger partial charge >= 0.3 is 6.09 Å².